The minimum absolute atomic E-state index is 0.136. The van der Waals surface area contributed by atoms with Crippen molar-refractivity contribution >= 4 is 27.1 Å². The van der Waals surface area contributed by atoms with Gasteiger partial charge in [-0.25, -0.2) is 12.8 Å². The number of benzene rings is 2. The van der Waals surface area contributed by atoms with Crippen LogP contribution in [0.15, 0.2) is 40.1 Å². The SMILES string of the molecule is CC1(C)c2ccc(F)cc2S(=O)(=O)c2cc([N+](=O)[O-])c(Cl)cc21. The van der Waals surface area contributed by atoms with E-state index in [4.69, 9.17) is 11.6 Å². The van der Waals surface area contributed by atoms with Gasteiger partial charge in [-0.15, -0.1) is 0 Å². The average molecular weight is 356 g/mol. The number of rotatable bonds is 1. The van der Waals surface area contributed by atoms with Crippen LogP contribution in [0.5, 0.6) is 0 Å². The lowest BCUT2D eigenvalue weighted by Gasteiger charge is -2.34. The summed E-state index contributed by atoms with van der Waals surface area (Å²) in [5.41, 5.74) is -0.504. The standard InChI is InChI=1S/C15H11ClFNO4S/c1-15(2)9-4-3-8(17)5-13(9)23(21,22)14-7-12(18(19)20)11(16)6-10(14)15/h3-7H,1-2H3. The van der Waals surface area contributed by atoms with Crippen molar-refractivity contribution in [2.45, 2.75) is 29.1 Å². The van der Waals surface area contributed by atoms with E-state index in [1.54, 1.807) is 13.8 Å². The van der Waals surface area contributed by atoms with Crippen molar-refractivity contribution in [2.24, 2.45) is 0 Å². The first kappa shape index (κ1) is 15.9. The molecule has 2 aromatic rings. The Morgan fingerprint density at radius 2 is 1.74 bits per heavy atom. The van der Waals surface area contributed by atoms with Gasteiger partial charge in [-0.05, 0) is 29.3 Å². The Labute approximate surface area is 136 Å². The highest BCUT2D eigenvalue weighted by atomic mass is 35.5. The predicted octanol–water partition coefficient (Wildman–Crippen LogP) is 3.86. The van der Waals surface area contributed by atoms with Crippen molar-refractivity contribution < 1.29 is 17.7 Å². The zero-order valence-electron chi connectivity index (χ0n) is 12.1. The van der Waals surface area contributed by atoms with Crippen molar-refractivity contribution in [1.82, 2.24) is 0 Å². The Hall–Kier alpha value is -1.99. The van der Waals surface area contributed by atoms with Gasteiger partial charge in [0.1, 0.15) is 10.8 Å². The van der Waals surface area contributed by atoms with E-state index in [1.165, 1.54) is 18.2 Å². The summed E-state index contributed by atoms with van der Waals surface area (Å²) in [7, 11) is -4.07. The molecule has 0 bridgehead atoms. The lowest BCUT2D eigenvalue weighted by Crippen LogP contribution is -2.30. The van der Waals surface area contributed by atoms with Gasteiger partial charge in [0, 0.05) is 11.5 Å². The second-order valence-corrected chi connectivity index (χ2v) is 8.12. The molecule has 0 amide bonds. The molecule has 0 aliphatic carbocycles. The van der Waals surface area contributed by atoms with Crippen LogP contribution in [0, 0.1) is 15.9 Å². The van der Waals surface area contributed by atoms with Gasteiger partial charge in [-0.2, -0.15) is 0 Å². The van der Waals surface area contributed by atoms with Crippen LogP contribution in [0.25, 0.3) is 0 Å². The normalized spacial score (nSPS) is 17.2. The number of nitro benzene ring substituents is 1. The number of hydrogen-bond donors (Lipinski definition) is 0. The quantitative estimate of drug-likeness (QED) is 0.575. The van der Waals surface area contributed by atoms with E-state index < -0.39 is 31.7 Å². The lowest BCUT2D eigenvalue weighted by atomic mass is 9.77. The highest BCUT2D eigenvalue weighted by Crippen LogP contribution is 2.48. The van der Waals surface area contributed by atoms with Crippen molar-refractivity contribution in [3.8, 4) is 0 Å². The third-order valence-electron chi connectivity index (χ3n) is 4.12. The van der Waals surface area contributed by atoms with Crippen LogP contribution in [-0.2, 0) is 15.3 Å². The van der Waals surface area contributed by atoms with Gasteiger partial charge in [0.25, 0.3) is 5.69 Å². The summed E-state index contributed by atoms with van der Waals surface area (Å²) in [6, 6.07) is 5.80. The Morgan fingerprint density at radius 3 is 2.35 bits per heavy atom. The molecular formula is C15H11ClFNO4S. The fourth-order valence-electron chi connectivity index (χ4n) is 2.89. The van der Waals surface area contributed by atoms with E-state index in [0.29, 0.717) is 11.1 Å². The molecule has 1 aliphatic heterocycles. The van der Waals surface area contributed by atoms with E-state index in [2.05, 4.69) is 0 Å². The van der Waals surface area contributed by atoms with E-state index in [-0.39, 0.29) is 14.8 Å². The van der Waals surface area contributed by atoms with E-state index >= 15 is 0 Å². The first-order valence-corrected chi connectivity index (χ1v) is 8.46. The van der Waals surface area contributed by atoms with Crippen LogP contribution in [0.2, 0.25) is 5.02 Å². The molecule has 0 N–H and O–H groups in total. The molecule has 0 saturated heterocycles. The van der Waals surface area contributed by atoms with E-state index in [0.717, 1.165) is 12.1 Å². The molecule has 23 heavy (non-hydrogen) atoms. The van der Waals surface area contributed by atoms with Gasteiger partial charge in [-0.1, -0.05) is 31.5 Å². The van der Waals surface area contributed by atoms with Crippen LogP contribution in [0.4, 0.5) is 10.1 Å². The second kappa shape index (κ2) is 4.75. The molecule has 2 aromatic carbocycles. The highest BCUT2D eigenvalue weighted by Gasteiger charge is 2.42. The van der Waals surface area contributed by atoms with Crippen LogP contribution < -0.4 is 0 Å². The monoisotopic (exact) mass is 355 g/mol. The van der Waals surface area contributed by atoms with E-state index in [9.17, 15) is 22.9 Å². The average Bonchev–Trinajstić information content (AvgIpc) is 2.44. The minimum atomic E-state index is -4.07. The Kier molecular flexibility index (Phi) is 3.28. The third kappa shape index (κ3) is 2.14. The van der Waals surface area contributed by atoms with Gasteiger partial charge >= 0.3 is 0 Å². The van der Waals surface area contributed by atoms with Gasteiger partial charge in [0.2, 0.25) is 9.84 Å². The first-order valence-electron chi connectivity index (χ1n) is 6.60. The summed E-state index contributed by atoms with van der Waals surface area (Å²) in [6.07, 6.45) is 0. The second-order valence-electron chi connectivity index (χ2n) is 5.83. The molecule has 0 spiro atoms. The van der Waals surface area contributed by atoms with Gasteiger partial charge in [0.15, 0.2) is 0 Å². The number of nitrogens with zero attached hydrogens (tertiary/aromatic N) is 1. The zero-order chi connectivity index (χ0) is 17.2. The maximum atomic E-state index is 13.5. The van der Waals surface area contributed by atoms with Crippen molar-refractivity contribution in [1.29, 1.82) is 0 Å². The number of hydrogen-bond acceptors (Lipinski definition) is 4. The molecule has 8 heteroatoms. The maximum Gasteiger partial charge on any atom is 0.289 e. The molecule has 5 nitrogen and oxygen atoms in total. The van der Waals surface area contributed by atoms with Crippen molar-refractivity contribution in [2.75, 3.05) is 0 Å². The maximum absolute atomic E-state index is 13.5. The largest absolute Gasteiger partial charge is 0.289 e. The molecule has 0 saturated carbocycles. The summed E-state index contributed by atoms with van der Waals surface area (Å²) in [5, 5.41) is 10.9. The minimum Gasteiger partial charge on any atom is -0.258 e. The van der Waals surface area contributed by atoms with Crippen LogP contribution in [-0.4, -0.2) is 13.3 Å². The summed E-state index contributed by atoms with van der Waals surface area (Å²) >= 11 is 5.93. The fourth-order valence-corrected chi connectivity index (χ4v) is 5.11. The van der Waals surface area contributed by atoms with Gasteiger partial charge < -0.3 is 0 Å². The molecule has 1 aliphatic rings. The molecule has 0 fully saturated rings. The fraction of sp³-hybridized carbons (Fsp3) is 0.200. The first-order chi connectivity index (χ1) is 10.6. The number of fused-ring (bicyclic) bond motifs is 2. The molecule has 0 unspecified atom stereocenters. The Bertz CT molecular complexity index is 970. The number of halogens is 2. The van der Waals surface area contributed by atoms with Gasteiger partial charge in [0.05, 0.1) is 14.7 Å². The molecule has 1 heterocycles. The molecule has 3 rings (SSSR count). The summed E-state index contributed by atoms with van der Waals surface area (Å²) in [4.78, 5) is 9.92. The van der Waals surface area contributed by atoms with Crippen LogP contribution >= 0.6 is 11.6 Å². The zero-order valence-corrected chi connectivity index (χ0v) is 13.7. The Balaban J connectivity index is 2.46. The summed E-state index contributed by atoms with van der Waals surface area (Å²) < 4.78 is 39.1. The molecule has 0 radical (unpaired) electrons. The summed E-state index contributed by atoms with van der Waals surface area (Å²) in [5.74, 6) is -0.685. The molecule has 0 atom stereocenters. The van der Waals surface area contributed by atoms with Crippen molar-refractivity contribution in [3.63, 3.8) is 0 Å². The van der Waals surface area contributed by atoms with Crippen LogP contribution in [0.3, 0.4) is 0 Å². The van der Waals surface area contributed by atoms with E-state index in [1.807, 2.05) is 0 Å². The number of sulfone groups is 1. The predicted molar refractivity (Wildman–Crippen MR) is 82.1 cm³/mol. The lowest BCUT2D eigenvalue weighted by molar-refractivity contribution is -0.384. The third-order valence-corrected chi connectivity index (χ3v) is 6.25. The molecular weight excluding hydrogens is 345 g/mol. The topological polar surface area (TPSA) is 77.3 Å². The van der Waals surface area contributed by atoms with Gasteiger partial charge in [-0.3, -0.25) is 10.1 Å². The highest BCUT2D eigenvalue weighted by molar-refractivity contribution is 7.91. The van der Waals surface area contributed by atoms with Crippen molar-refractivity contribution in [3.05, 3.63) is 62.4 Å². The molecule has 0 aromatic heterocycles. The smallest absolute Gasteiger partial charge is 0.258 e. The van der Waals surface area contributed by atoms with Crippen LogP contribution in [0.1, 0.15) is 25.0 Å². The number of nitro groups is 1. The molecule has 120 valence electrons. The summed E-state index contributed by atoms with van der Waals surface area (Å²) in [6.45, 7) is 3.53. The Morgan fingerprint density at radius 1 is 1.13 bits per heavy atom.